The molecule has 0 aliphatic heterocycles. The first-order valence-electron chi connectivity index (χ1n) is 6.63. The molecular formula is C13H26N4O. The minimum Gasteiger partial charge on any atom is -0.383 e. The minimum atomic E-state index is 0.719. The van der Waals surface area contributed by atoms with Crippen LogP contribution >= 0.6 is 0 Å². The molecule has 104 valence electrons. The van der Waals surface area contributed by atoms with Crippen LogP contribution in [0.2, 0.25) is 0 Å². The summed E-state index contributed by atoms with van der Waals surface area (Å²) in [6, 6.07) is 0. The zero-order valence-electron chi connectivity index (χ0n) is 12.1. The molecule has 1 rings (SSSR count). The van der Waals surface area contributed by atoms with Crippen LogP contribution in [0.25, 0.3) is 0 Å². The van der Waals surface area contributed by atoms with Crippen molar-refractivity contribution in [3.8, 4) is 0 Å². The molecule has 0 spiro atoms. The smallest absolute Gasteiger partial charge is 0.205 e. The standard InChI is InChI=1S/C13H26N4O/c1-5-12-11-17(9-10-18-4)13(15-12)16(3)8-6-7-14-2/h11,14H,5-10H2,1-4H3. The van der Waals surface area contributed by atoms with Crippen molar-refractivity contribution in [2.24, 2.45) is 0 Å². The van der Waals surface area contributed by atoms with Gasteiger partial charge in [-0.15, -0.1) is 0 Å². The summed E-state index contributed by atoms with van der Waals surface area (Å²) in [6.07, 6.45) is 4.21. The van der Waals surface area contributed by atoms with Gasteiger partial charge in [0, 0.05) is 33.4 Å². The first-order chi connectivity index (χ1) is 8.72. The molecule has 0 aromatic carbocycles. The molecule has 1 aromatic heterocycles. The molecule has 0 radical (unpaired) electrons. The number of imidazole rings is 1. The van der Waals surface area contributed by atoms with Crippen molar-refractivity contribution in [2.45, 2.75) is 26.3 Å². The van der Waals surface area contributed by atoms with Gasteiger partial charge in [-0.25, -0.2) is 4.98 Å². The van der Waals surface area contributed by atoms with Crippen molar-refractivity contribution in [1.82, 2.24) is 14.9 Å². The third-order valence-electron chi connectivity index (χ3n) is 2.97. The van der Waals surface area contributed by atoms with E-state index in [9.17, 15) is 0 Å². The van der Waals surface area contributed by atoms with Gasteiger partial charge in [-0.3, -0.25) is 0 Å². The second-order valence-electron chi connectivity index (χ2n) is 4.45. The van der Waals surface area contributed by atoms with Crippen LogP contribution in [0.4, 0.5) is 5.95 Å². The van der Waals surface area contributed by atoms with Crippen molar-refractivity contribution in [3.05, 3.63) is 11.9 Å². The highest BCUT2D eigenvalue weighted by molar-refractivity contribution is 5.32. The van der Waals surface area contributed by atoms with E-state index in [-0.39, 0.29) is 0 Å². The molecule has 1 heterocycles. The van der Waals surface area contributed by atoms with E-state index in [2.05, 4.69) is 39.9 Å². The van der Waals surface area contributed by atoms with E-state index in [1.807, 2.05) is 7.05 Å². The van der Waals surface area contributed by atoms with Gasteiger partial charge in [-0.1, -0.05) is 6.92 Å². The summed E-state index contributed by atoms with van der Waals surface area (Å²) in [4.78, 5) is 6.89. The highest BCUT2D eigenvalue weighted by Gasteiger charge is 2.11. The lowest BCUT2D eigenvalue weighted by molar-refractivity contribution is 0.187. The first-order valence-corrected chi connectivity index (χ1v) is 6.63. The van der Waals surface area contributed by atoms with Crippen LogP contribution in [0.5, 0.6) is 0 Å². The van der Waals surface area contributed by atoms with E-state index in [0.29, 0.717) is 0 Å². The summed E-state index contributed by atoms with van der Waals surface area (Å²) in [5.74, 6) is 1.04. The maximum absolute atomic E-state index is 5.14. The second kappa shape index (κ2) is 8.11. The maximum Gasteiger partial charge on any atom is 0.205 e. The van der Waals surface area contributed by atoms with Crippen LogP contribution in [0.15, 0.2) is 6.20 Å². The second-order valence-corrected chi connectivity index (χ2v) is 4.45. The number of nitrogens with one attached hydrogen (secondary N) is 1. The summed E-state index contributed by atoms with van der Waals surface area (Å²) in [7, 11) is 5.81. The maximum atomic E-state index is 5.14. The molecule has 0 saturated carbocycles. The third kappa shape index (κ3) is 4.31. The lowest BCUT2D eigenvalue weighted by Gasteiger charge is -2.19. The summed E-state index contributed by atoms with van der Waals surface area (Å²) < 4.78 is 7.33. The number of hydrogen-bond acceptors (Lipinski definition) is 4. The van der Waals surface area contributed by atoms with E-state index in [1.165, 1.54) is 0 Å². The van der Waals surface area contributed by atoms with Crippen LogP contribution in [0.3, 0.4) is 0 Å². The quantitative estimate of drug-likeness (QED) is 0.671. The molecular weight excluding hydrogens is 228 g/mol. The van der Waals surface area contributed by atoms with Gasteiger partial charge in [-0.05, 0) is 26.4 Å². The lowest BCUT2D eigenvalue weighted by atomic mass is 10.4. The van der Waals surface area contributed by atoms with E-state index in [4.69, 9.17) is 4.74 Å². The fourth-order valence-electron chi connectivity index (χ4n) is 1.88. The Bertz CT molecular complexity index is 338. The van der Waals surface area contributed by atoms with Crippen molar-refractivity contribution in [1.29, 1.82) is 0 Å². The van der Waals surface area contributed by atoms with Crippen LogP contribution < -0.4 is 10.2 Å². The van der Waals surface area contributed by atoms with Crippen LogP contribution in [-0.4, -0.2) is 50.5 Å². The number of anilines is 1. The highest BCUT2D eigenvalue weighted by atomic mass is 16.5. The van der Waals surface area contributed by atoms with Crippen molar-refractivity contribution in [3.63, 3.8) is 0 Å². The Hall–Kier alpha value is -1.07. The van der Waals surface area contributed by atoms with Gasteiger partial charge in [-0.2, -0.15) is 0 Å². The van der Waals surface area contributed by atoms with E-state index >= 15 is 0 Å². The Balaban J connectivity index is 2.67. The Labute approximate surface area is 110 Å². The van der Waals surface area contributed by atoms with E-state index < -0.39 is 0 Å². The van der Waals surface area contributed by atoms with Gasteiger partial charge in [0.05, 0.1) is 12.3 Å². The molecule has 5 heteroatoms. The molecule has 0 unspecified atom stereocenters. The van der Waals surface area contributed by atoms with Crippen molar-refractivity contribution >= 4 is 5.95 Å². The number of ether oxygens (including phenoxy) is 1. The third-order valence-corrected chi connectivity index (χ3v) is 2.97. The van der Waals surface area contributed by atoms with Gasteiger partial charge < -0.3 is 19.5 Å². The zero-order valence-corrected chi connectivity index (χ0v) is 12.1. The molecule has 0 amide bonds. The summed E-state index contributed by atoms with van der Waals surface area (Å²) in [5, 5.41) is 3.17. The number of nitrogens with zero attached hydrogens (tertiary/aromatic N) is 3. The largest absolute Gasteiger partial charge is 0.383 e. The minimum absolute atomic E-state index is 0.719. The normalized spacial score (nSPS) is 10.9. The Morgan fingerprint density at radius 2 is 2.28 bits per heavy atom. The Kier molecular flexibility index (Phi) is 6.75. The molecule has 5 nitrogen and oxygen atoms in total. The molecule has 0 fully saturated rings. The lowest BCUT2D eigenvalue weighted by Crippen LogP contribution is -2.25. The molecule has 1 N–H and O–H groups in total. The Morgan fingerprint density at radius 3 is 2.89 bits per heavy atom. The number of rotatable bonds is 9. The zero-order chi connectivity index (χ0) is 13.4. The summed E-state index contributed by atoms with van der Waals surface area (Å²) in [5.41, 5.74) is 1.14. The van der Waals surface area contributed by atoms with Gasteiger partial charge in [0.25, 0.3) is 0 Å². The topological polar surface area (TPSA) is 42.3 Å². The molecule has 18 heavy (non-hydrogen) atoms. The summed E-state index contributed by atoms with van der Waals surface area (Å²) in [6.45, 7) is 5.75. The predicted octanol–water partition coefficient (Wildman–Crippen LogP) is 1.14. The molecule has 0 aliphatic carbocycles. The molecule has 0 saturated heterocycles. The highest BCUT2D eigenvalue weighted by Crippen LogP contribution is 2.14. The average molecular weight is 254 g/mol. The van der Waals surface area contributed by atoms with E-state index in [1.54, 1.807) is 7.11 Å². The number of hydrogen-bond donors (Lipinski definition) is 1. The van der Waals surface area contributed by atoms with Crippen molar-refractivity contribution < 1.29 is 4.74 Å². The molecule has 1 aromatic rings. The predicted molar refractivity (Wildman–Crippen MR) is 75.3 cm³/mol. The van der Waals surface area contributed by atoms with Gasteiger partial charge in [0.1, 0.15) is 0 Å². The average Bonchev–Trinajstić information content (AvgIpc) is 2.79. The number of methoxy groups -OCH3 is 1. The van der Waals surface area contributed by atoms with E-state index in [0.717, 1.165) is 50.7 Å². The van der Waals surface area contributed by atoms with Crippen LogP contribution in [0, 0.1) is 0 Å². The fraction of sp³-hybridized carbons (Fsp3) is 0.769. The number of aromatic nitrogens is 2. The van der Waals surface area contributed by atoms with Gasteiger partial charge in [0.15, 0.2) is 0 Å². The fourth-order valence-corrected chi connectivity index (χ4v) is 1.88. The SMILES string of the molecule is CCc1cn(CCOC)c(N(C)CCCNC)n1. The van der Waals surface area contributed by atoms with Crippen LogP contribution in [-0.2, 0) is 17.7 Å². The molecule has 0 bridgehead atoms. The molecule has 0 atom stereocenters. The van der Waals surface area contributed by atoms with Crippen molar-refractivity contribution in [2.75, 3.05) is 45.8 Å². The Morgan fingerprint density at radius 1 is 1.50 bits per heavy atom. The van der Waals surface area contributed by atoms with Gasteiger partial charge in [0.2, 0.25) is 5.95 Å². The number of aryl methyl sites for hydroxylation is 1. The van der Waals surface area contributed by atoms with Gasteiger partial charge >= 0.3 is 0 Å². The monoisotopic (exact) mass is 254 g/mol. The molecule has 0 aliphatic rings. The summed E-state index contributed by atoms with van der Waals surface area (Å²) >= 11 is 0. The first kappa shape index (κ1) is 15.0. The van der Waals surface area contributed by atoms with Crippen LogP contribution in [0.1, 0.15) is 19.0 Å².